The smallest absolute Gasteiger partial charge is 0.242 e. The Morgan fingerprint density at radius 2 is 1.88 bits per heavy atom. The summed E-state index contributed by atoms with van der Waals surface area (Å²) in [6, 6.07) is 0. The van der Waals surface area contributed by atoms with Gasteiger partial charge in [-0.15, -0.1) is 0 Å². The van der Waals surface area contributed by atoms with Gasteiger partial charge < -0.3 is 10.6 Å². The van der Waals surface area contributed by atoms with Crippen molar-refractivity contribution in [2.75, 3.05) is 13.6 Å². The zero-order chi connectivity index (χ0) is 12.2. The number of nitrogens with two attached hydrogens (primary N) is 1. The zero-order valence-corrected chi connectivity index (χ0v) is 11.0. The highest BCUT2D eigenvalue weighted by Gasteiger charge is 2.36. The topological polar surface area (TPSA) is 46.3 Å². The molecule has 1 aliphatic carbocycles. The van der Waals surface area contributed by atoms with Gasteiger partial charge in [0.25, 0.3) is 0 Å². The summed E-state index contributed by atoms with van der Waals surface area (Å²) >= 11 is 0. The van der Waals surface area contributed by atoms with Gasteiger partial charge in [-0.05, 0) is 25.2 Å². The maximum atomic E-state index is 12.2. The molecule has 1 amide bonds. The minimum atomic E-state index is -0.565. The SMILES string of the molecule is CC(C)CCN(C)C(=O)C1(N)CCCCC1. The van der Waals surface area contributed by atoms with Crippen LogP contribution in [0.3, 0.4) is 0 Å². The van der Waals surface area contributed by atoms with Gasteiger partial charge >= 0.3 is 0 Å². The van der Waals surface area contributed by atoms with E-state index < -0.39 is 5.54 Å². The van der Waals surface area contributed by atoms with E-state index in [0.717, 1.165) is 38.6 Å². The van der Waals surface area contributed by atoms with Crippen LogP contribution in [0.1, 0.15) is 52.4 Å². The van der Waals surface area contributed by atoms with E-state index in [-0.39, 0.29) is 5.91 Å². The van der Waals surface area contributed by atoms with Crippen LogP contribution in [-0.4, -0.2) is 29.9 Å². The molecular formula is C13H26N2O. The first-order chi connectivity index (χ1) is 7.46. The number of hydrogen-bond donors (Lipinski definition) is 1. The molecule has 0 aromatic carbocycles. The fourth-order valence-electron chi connectivity index (χ4n) is 2.33. The van der Waals surface area contributed by atoms with Gasteiger partial charge in [0.1, 0.15) is 0 Å². The molecule has 1 aliphatic rings. The van der Waals surface area contributed by atoms with Gasteiger partial charge in [-0.25, -0.2) is 0 Å². The van der Waals surface area contributed by atoms with Gasteiger partial charge in [-0.3, -0.25) is 4.79 Å². The van der Waals surface area contributed by atoms with E-state index in [1.54, 1.807) is 0 Å². The monoisotopic (exact) mass is 226 g/mol. The van der Waals surface area contributed by atoms with Crippen LogP contribution in [0.25, 0.3) is 0 Å². The normalized spacial score (nSPS) is 19.8. The summed E-state index contributed by atoms with van der Waals surface area (Å²) in [6.45, 7) is 5.18. The fourth-order valence-corrected chi connectivity index (χ4v) is 2.33. The van der Waals surface area contributed by atoms with E-state index in [4.69, 9.17) is 5.73 Å². The van der Waals surface area contributed by atoms with Crippen LogP contribution in [0.2, 0.25) is 0 Å². The number of hydrogen-bond acceptors (Lipinski definition) is 2. The average Bonchev–Trinajstić information content (AvgIpc) is 2.25. The van der Waals surface area contributed by atoms with E-state index in [1.165, 1.54) is 6.42 Å². The highest BCUT2D eigenvalue weighted by molar-refractivity contribution is 5.86. The Morgan fingerprint density at radius 3 is 2.38 bits per heavy atom. The van der Waals surface area contributed by atoms with E-state index in [9.17, 15) is 4.79 Å². The molecule has 0 aromatic rings. The number of carbonyl (C=O) groups is 1. The van der Waals surface area contributed by atoms with Gasteiger partial charge in [0.15, 0.2) is 0 Å². The maximum absolute atomic E-state index is 12.2. The molecule has 2 N–H and O–H groups in total. The first-order valence-electron chi connectivity index (χ1n) is 6.50. The quantitative estimate of drug-likeness (QED) is 0.798. The molecular weight excluding hydrogens is 200 g/mol. The Balaban J connectivity index is 2.48. The van der Waals surface area contributed by atoms with E-state index in [1.807, 2.05) is 11.9 Å². The van der Waals surface area contributed by atoms with Crippen molar-refractivity contribution in [3.63, 3.8) is 0 Å². The second kappa shape index (κ2) is 5.67. The Bertz CT molecular complexity index is 232. The highest BCUT2D eigenvalue weighted by atomic mass is 16.2. The van der Waals surface area contributed by atoms with Crippen molar-refractivity contribution in [3.8, 4) is 0 Å². The minimum Gasteiger partial charge on any atom is -0.344 e. The summed E-state index contributed by atoms with van der Waals surface area (Å²) in [7, 11) is 1.88. The Morgan fingerprint density at radius 1 is 1.31 bits per heavy atom. The number of amides is 1. The van der Waals surface area contributed by atoms with Crippen LogP contribution in [0, 0.1) is 5.92 Å². The van der Waals surface area contributed by atoms with Crippen molar-refractivity contribution in [2.24, 2.45) is 11.7 Å². The molecule has 94 valence electrons. The summed E-state index contributed by atoms with van der Waals surface area (Å²) in [5.74, 6) is 0.781. The second-order valence-electron chi connectivity index (χ2n) is 5.63. The van der Waals surface area contributed by atoms with Crippen molar-refractivity contribution >= 4 is 5.91 Å². The van der Waals surface area contributed by atoms with Crippen LogP contribution < -0.4 is 5.73 Å². The van der Waals surface area contributed by atoms with Crippen LogP contribution in [0.15, 0.2) is 0 Å². The van der Waals surface area contributed by atoms with Crippen molar-refractivity contribution < 1.29 is 4.79 Å². The molecule has 0 spiro atoms. The highest BCUT2D eigenvalue weighted by Crippen LogP contribution is 2.27. The summed E-state index contributed by atoms with van der Waals surface area (Å²) in [6.07, 6.45) is 6.19. The predicted octanol–water partition coefficient (Wildman–Crippen LogP) is 2.15. The van der Waals surface area contributed by atoms with Crippen molar-refractivity contribution in [1.82, 2.24) is 4.90 Å². The standard InChI is InChI=1S/C13H26N2O/c1-11(2)7-10-15(3)12(16)13(14)8-5-4-6-9-13/h11H,4-10,14H2,1-3H3. The van der Waals surface area contributed by atoms with Crippen molar-refractivity contribution in [1.29, 1.82) is 0 Å². The van der Waals surface area contributed by atoms with Gasteiger partial charge in [-0.2, -0.15) is 0 Å². The molecule has 0 unspecified atom stereocenters. The summed E-state index contributed by atoms with van der Waals surface area (Å²) in [4.78, 5) is 14.1. The minimum absolute atomic E-state index is 0.146. The first-order valence-corrected chi connectivity index (χ1v) is 6.50. The lowest BCUT2D eigenvalue weighted by Crippen LogP contribution is -2.55. The number of rotatable bonds is 4. The maximum Gasteiger partial charge on any atom is 0.242 e. The average molecular weight is 226 g/mol. The third-order valence-electron chi connectivity index (χ3n) is 3.56. The van der Waals surface area contributed by atoms with Crippen molar-refractivity contribution in [2.45, 2.75) is 57.9 Å². The van der Waals surface area contributed by atoms with Gasteiger partial charge in [0.05, 0.1) is 5.54 Å². The Kier molecular flexibility index (Phi) is 4.78. The van der Waals surface area contributed by atoms with E-state index in [2.05, 4.69) is 13.8 Å². The lowest BCUT2D eigenvalue weighted by Gasteiger charge is -2.35. The summed E-state index contributed by atoms with van der Waals surface area (Å²) < 4.78 is 0. The van der Waals surface area contributed by atoms with Gasteiger partial charge in [0, 0.05) is 13.6 Å². The lowest BCUT2D eigenvalue weighted by atomic mass is 9.81. The molecule has 1 fully saturated rings. The fraction of sp³-hybridized carbons (Fsp3) is 0.923. The van der Waals surface area contributed by atoms with E-state index in [0.29, 0.717) is 5.92 Å². The van der Waals surface area contributed by atoms with E-state index >= 15 is 0 Å². The number of nitrogens with zero attached hydrogens (tertiary/aromatic N) is 1. The molecule has 0 aliphatic heterocycles. The van der Waals surface area contributed by atoms with Gasteiger partial charge in [-0.1, -0.05) is 33.1 Å². The third kappa shape index (κ3) is 3.48. The molecule has 0 bridgehead atoms. The predicted molar refractivity (Wildman–Crippen MR) is 67.1 cm³/mol. The molecule has 1 saturated carbocycles. The zero-order valence-electron chi connectivity index (χ0n) is 11.0. The van der Waals surface area contributed by atoms with Crippen molar-refractivity contribution in [3.05, 3.63) is 0 Å². The van der Waals surface area contributed by atoms with Crippen LogP contribution in [0.4, 0.5) is 0 Å². The Hall–Kier alpha value is -0.570. The molecule has 0 heterocycles. The second-order valence-corrected chi connectivity index (χ2v) is 5.63. The molecule has 0 radical (unpaired) electrons. The lowest BCUT2D eigenvalue weighted by molar-refractivity contribution is -0.137. The largest absolute Gasteiger partial charge is 0.344 e. The first kappa shape index (κ1) is 13.5. The molecule has 0 aromatic heterocycles. The Labute approximate surface area is 99.4 Å². The van der Waals surface area contributed by atoms with Gasteiger partial charge in [0.2, 0.25) is 5.91 Å². The third-order valence-corrected chi connectivity index (χ3v) is 3.56. The number of likely N-dealkylation sites (N-methyl/N-ethyl adjacent to an activating group) is 1. The summed E-state index contributed by atoms with van der Waals surface area (Å²) in [5, 5.41) is 0. The molecule has 0 atom stereocenters. The van der Waals surface area contributed by atoms with Crippen LogP contribution >= 0.6 is 0 Å². The molecule has 3 heteroatoms. The summed E-state index contributed by atoms with van der Waals surface area (Å²) in [5.41, 5.74) is 5.65. The molecule has 16 heavy (non-hydrogen) atoms. The van der Waals surface area contributed by atoms with Crippen LogP contribution in [0.5, 0.6) is 0 Å². The molecule has 1 rings (SSSR count). The van der Waals surface area contributed by atoms with Crippen LogP contribution in [-0.2, 0) is 4.79 Å². The molecule has 3 nitrogen and oxygen atoms in total. The molecule has 0 saturated heterocycles. The number of carbonyl (C=O) groups excluding carboxylic acids is 1.